The number of nitrogens with zero attached hydrogens (tertiary/aromatic N) is 7. The van der Waals surface area contributed by atoms with Gasteiger partial charge in [0.2, 0.25) is 5.95 Å². The molecule has 0 aromatic carbocycles. The number of nitrogen functional groups attached to an aromatic ring is 1. The molecule has 8 nitrogen and oxygen atoms in total. The Bertz CT molecular complexity index is 1410. The molecule has 0 spiro atoms. The van der Waals surface area contributed by atoms with Gasteiger partial charge in [0.15, 0.2) is 5.65 Å². The summed E-state index contributed by atoms with van der Waals surface area (Å²) in [5.41, 5.74) is 8.86. The van der Waals surface area contributed by atoms with E-state index in [1.54, 1.807) is 41.3 Å². The van der Waals surface area contributed by atoms with Gasteiger partial charge in [-0.05, 0) is 42.8 Å². The zero-order valence-corrected chi connectivity index (χ0v) is 17.0. The van der Waals surface area contributed by atoms with Crippen LogP contribution in [0.3, 0.4) is 0 Å². The zero-order valence-electron chi connectivity index (χ0n) is 17.0. The van der Waals surface area contributed by atoms with Crippen LogP contribution in [0.15, 0.2) is 61.2 Å². The van der Waals surface area contributed by atoms with E-state index in [0.29, 0.717) is 29.0 Å². The Morgan fingerprint density at radius 2 is 1.91 bits per heavy atom. The Balaban J connectivity index is 1.50. The van der Waals surface area contributed by atoms with Gasteiger partial charge in [0, 0.05) is 23.5 Å². The minimum absolute atomic E-state index is 0.137. The van der Waals surface area contributed by atoms with E-state index in [2.05, 4.69) is 25.1 Å². The van der Waals surface area contributed by atoms with Crippen LogP contribution in [0.1, 0.15) is 25.1 Å². The molecule has 32 heavy (non-hydrogen) atoms. The van der Waals surface area contributed by atoms with Crippen molar-refractivity contribution in [3.8, 4) is 22.5 Å². The van der Waals surface area contributed by atoms with E-state index in [0.717, 1.165) is 5.56 Å². The van der Waals surface area contributed by atoms with Gasteiger partial charge in [-0.1, -0.05) is 6.92 Å². The summed E-state index contributed by atoms with van der Waals surface area (Å²) >= 11 is 0. The number of hydrogen-bond donors (Lipinski definition) is 1. The summed E-state index contributed by atoms with van der Waals surface area (Å²) in [6.07, 6.45) is 7.05. The molecule has 5 rings (SSSR count). The average Bonchev–Trinajstić information content (AvgIpc) is 3.41. The maximum atomic E-state index is 14.6. The van der Waals surface area contributed by atoms with Crippen LogP contribution in [-0.4, -0.2) is 34.3 Å². The minimum atomic E-state index is -0.458. The second-order valence-electron chi connectivity index (χ2n) is 7.25. The molecule has 1 atom stereocenters. The zero-order chi connectivity index (χ0) is 22.2. The van der Waals surface area contributed by atoms with Gasteiger partial charge < -0.3 is 5.73 Å². The standard InChI is InChI=1S/C22H18F2N8/c1-2-19(18-5-3-15(23)11-26-18)32-12-14(10-27-32)17-6-4-16(24)21(28-17)13-7-8-31-20(9-13)29-22(25)30-31/h3-12,19H,2H2,1H3,(H2,25,30). The van der Waals surface area contributed by atoms with Crippen LogP contribution in [-0.2, 0) is 0 Å². The Morgan fingerprint density at radius 1 is 1.03 bits per heavy atom. The van der Waals surface area contributed by atoms with Crippen molar-refractivity contribution >= 4 is 11.6 Å². The van der Waals surface area contributed by atoms with Gasteiger partial charge in [-0.25, -0.2) is 18.3 Å². The van der Waals surface area contributed by atoms with Crippen molar-refractivity contribution in [1.82, 2.24) is 34.3 Å². The minimum Gasteiger partial charge on any atom is -0.366 e. The first-order valence-electron chi connectivity index (χ1n) is 9.96. The first kappa shape index (κ1) is 19.7. The molecule has 1 unspecified atom stereocenters. The Kier molecular flexibility index (Phi) is 4.81. The number of rotatable bonds is 5. The molecule has 0 saturated carbocycles. The molecule has 0 aliphatic heterocycles. The summed E-state index contributed by atoms with van der Waals surface area (Å²) in [4.78, 5) is 12.8. The number of nitrogens with two attached hydrogens (primary N) is 1. The fourth-order valence-electron chi connectivity index (χ4n) is 3.61. The predicted molar refractivity (Wildman–Crippen MR) is 114 cm³/mol. The van der Waals surface area contributed by atoms with Crippen LogP contribution in [0.5, 0.6) is 0 Å². The number of aromatic nitrogens is 7. The molecule has 160 valence electrons. The number of fused-ring (bicyclic) bond motifs is 1. The summed E-state index contributed by atoms with van der Waals surface area (Å²) in [6, 6.07) is 9.21. The monoisotopic (exact) mass is 432 g/mol. The second kappa shape index (κ2) is 7.80. The quantitative estimate of drug-likeness (QED) is 0.452. The second-order valence-corrected chi connectivity index (χ2v) is 7.25. The lowest BCUT2D eigenvalue weighted by Crippen LogP contribution is -2.11. The van der Waals surface area contributed by atoms with Crippen molar-refractivity contribution in [3.05, 3.63) is 78.5 Å². The largest absolute Gasteiger partial charge is 0.366 e. The maximum absolute atomic E-state index is 14.6. The normalized spacial score (nSPS) is 12.3. The lowest BCUT2D eigenvalue weighted by molar-refractivity contribution is 0.495. The first-order chi connectivity index (χ1) is 15.5. The van der Waals surface area contributed by atoms with Crippen LogP contribution in [0, 0.1) is 11.6 Å². The van der Waals surface area contributed by atoms with E-state index in [1.165, 1.54) is 22.8 Å². The highest BCUT2D eigenvalue weighted by Gasteiger charge is 2.17. The van der Waals surface area contributed by atoms with Crippen LogP contribution in [0.25, 0.3) is 28.2 Å². The third kappa shape index (κ3) is 3.55. The molecular formula is C22H18F2N8. The van der Waals surface area contributed by atoms with E-state index < -0.39 is 5.82 Å². The third-order valence-electron chi connectivity index (χ3n) is 5.17. The van der Waals surface area contributed by atoms with E-state index in [1.807, 2.05) is 13.1 Å². The first-order valence-corrected chi connectivity index (χ1v) is 9.96. The van der Waals surface area contributed by atoms with Crippen molar-refractivity contribution in [3.63, 3.8) is 0 Å². The van der Waals surface area contributed by atoms with Crippen LogP contribution < -0.4 is 5.73 Å². The SMILES string of the molecule is CCC(c1ccc(F)cn1)n1cc(-c2ccc(F)c(-c3ccn4nc(N)nc4c3)n2)cn1. The molecule has 2 N–H and O–H groups in total. The fraction of sp³-hybridized carbons (Fsp3) is 0.136. The molecule has 0 saturated heterocycles. The summed E-state index contributed by atoms with van der Waals surface area (Å²) < 4.78 is 31.1. The lowest BCUT2D eigenvalue weighted by atomic mass is 10.1. The molecule has 0 aliphatic rings. The highest BCUT2D eigenvalue weighted by molar-refractivity contribution is 5.68. The molecule has 5 aromatic rings. The molecule has 0 radical (unpaired) electrons. The van der Waals surface area contributed by atoms with Crippen LogP contribution >= 0.6 is 0 Å². The van der Waals surface area contributed by atoms with E-state index in [-0.39, 0.29) is 23.5 Å². The highest BCUT2D eigenvalue weighted by Crippen LogP contribution is 2.27. The Hall–Kier alpha value is -4.21. The highest BCUT2D eigenvalue weighted by atomic mass is 19.1. The molecule has 0 aliphatic carbocycles. The Labute approximate surface area is 181 Å². The predicted octanol–water partition coefficient (Wildman–Crippen LogP) is 3.91. The lowest BCUT2D eigenvalue weighted by Gasteiger charge is -2.14. The van der Waals surface area contributed by atoms with Gasteiger partial charge in [0.25, 0.3) is 0 Å². The average molecular weight is 432 g/mol. The van der Waals surface area contributed by atoms with Crippen LogP contribution in [0.4, 0.5) is 14.7 Å². The maximum Gasteiger partial charge on any atom is 0.240 e. The molecule has 0 bridgehead atoms. The van der Waals surface area contributed by atoms with Crippen LogP contribution in [0.2, 0.25) is 0 Å². The summed E-state index contributed by atoms with van der Waals surface area (Å²) in [7, 11) is 0. The van der Waals surface area contributed by atoms with Gasteiger partial charge in [0.1, 0.15) is 17.3 Å². The van der Waals surface area contributed by atoms with Gasteiger partial charge in [-0.15, -0.1) is 5.10 Å². The summed E-state index contributed by atoms with van der Waals surface area (Å²) in [5.74, 6) is -0.711. The molecule has 5 aromatic heterocycles. The molecule has 10 heteroatoms. The molecule has 0 fully saturated rings. The Morgan fingerprint density at radius 3 is 2.69 bits per heavy atom. The van der Waals surface area contributed by atoms with Crippen molar-refractivity contribution in [2.24, 2.45) is 0 Å². The summed E-state index contributed by atoms with van der Waals surface area (Å²) in [6.45, 7) is 2.00. The molecular weight excluding hydrogens is 414 g/mol. The topological polar surface area (TPSA) is 99.8 Å². The van der Waals surface area contributed by atoms with Crippen molar-refractivity contribution in [2.45, 2.75) is 19.4 Å². The van der Waals surface area contributed by atoms with Gasteiger partial charge >= 0.3 is 0 Å². The number of pyridine rings is 3. The van der Waals surface area contributed by atoms with E-state index >= 15 is 0 Å². The van der Waals surface area contributed by atoms with Crippen molar-refractivity contribution < 1.29 is 8.78 Å². The third-order valence-corrected chi connectivity index (χ3v) is 5.17. The van der Waals surface area contributed by atoms with E-state index in [4.69, 9.17) is 5.73 Å². The molecule has 5 heterocycles. The van der Waals surface area contributed by atoms with Crippen molar-refractivity contribution in [2.75, 3.05) is 5.73 Å². The van der Waals surface area contributed by atoms with Crippen molar-refractivity contribution in [1.29, 1.82) is 0 Å². The number of hydrogen-bond acceptors (Lipinski definition) is 6. The van der Waals surface area contributed by atoms with E-state index in [9.17, 15) is 8.78 Å². The molecule has 0 amide bonds. The van der Waals surface area contributed by atoms with Gasteiger partial charge in [-0.2, -0.15) is 10.1 Å². The fourth-order valence-corrected chi connectivity index (χ4v) is 3.61. The summed E-state index contributed by atoms with van der Waals surface area (Å²) in [5, 5.41) is 8.47. The number of halogens is 2. The van der Waals surface area contributed by atoms with Gasteiger partial charge in [0.05, 0.1) is 29.8 Å². The van der Waals surface area contributed by atoms with Gasteiger partial charge in [-0.3, -0.25) is 9.67 Å². The number of anilines is 1. The smallest absolute Gasteiger partial charge is 0.240 e.